The van der Waals surface area contributed by atoms with Crippen LogP contribution in [0.2, 0.25) is 0 Å². The van der Waals surface area contributed by atoms with Gasteiger partial charge in [-0.05, 0) is 48.0 Å². The maximum Gasteiger partial charge on any atom is 0.339 e. The van der Waals surface area contributed by atoms with Crippen LogP contribution < -0.4 is 5.32 Å². The highest BCUT2D eigenvalue weighted by Gasteiger charge is 2.33. The van der Waals surface area contributed by atoms with Crippen LogP contribution in [-0.2, 0) is 22.4 Å². The molecule has 7 nitrogen and oxygen atoms in total. The lowest BCUT2D eigenvalue weighted by atomic mass is 9.70. The molecule has 4 rings (SSSR count). The number of fused-ring (bicyclic) bond motifs is 2. The number of nitrogens with zero attached hydrogens (tertiary/aromatic N) is 3. The van der Waals surface area contributed by atoms with Crippen molar-refractivity contribution < 1.29 is 14.3 Å². The van der Waals surface area contributed by atoms with Crippen LogP contribution in [0.4, 0.5) is 5.13 Å². The van der Waals surface area contributed by atoms with Crippen molar-refractivity contribution in [2.75, 3.05) is 17.7 Å². The van der Waals surface area contributed by atoms with Crippen molar-refractivity contribution in [1.29, 1.82) is 0 Å². The highest BCUT2D eigenvalue weighted by atomic mass is 32.2. The standard InChI is InChI=1S/C24H28N4O3S2/c1-5-32-23-28-27-22(33-23)26-19(29)13-31-21(30)20-15-8-6-7-9-17(15)25-18-11-10-14(12-16(18)20)24(2,3)4/h6-9,14H,5,10-13H2,1-4H3,(H,26,27,29). The van der Waals surface area contributed by atoms with E-state index in [4.69, 9.17) is 9.72 Å². The topological polar surface area (TPSA) is 94.1 Å². The van der Waals surface area contributed by atoms with Gasteiger partial charge in [-0.3, -0.25) is 15.1 Å². The van der Waals surface area contributed by atoms with Gasteiger partial charge in [0.1, 0.15) is 0 Å². The number of anilines is 1. The molecule has 2 heterocycles. The molecule has 3 aromatic rings. The third-order valence-electron chi connectivity index (χ3n) is 5.94. The first-order chi connectivity index (χ1) is 15.8. The molecule has 0 radical (unpaired) electrons. The molecule has 174 valence electrons. The number of rotatable bonds is 6. The quantitative estimate of drug-likeness (QED) is 0.294. The second kappa shape index (κ2) is 9.77. The summed E-state index contributed by atoms with van der Waals surface area (Å²) in [5, 5.41) is 11.8. The zero-order valence-corrected chi connectivity index (χ0v) is 20.9. The third kappa shape index (κ3) is 5.35. The van der Waals surface area contributed by atoms with Crippen molar-refractivity contribution in [2.45, 2.75) is 51.3 Å². The lowest BCUT2D eigenvalue weighted by Gasteiger charge is -2.35. The molecule has 0 saturated carbocycles. The summed E-state index contributed by atoms with van der Waals surface area (Å²) in [4.78, 5) is 30.5. The van der Waals surface area contributed by atoms with E-state index in [1.807, 2.05) is 31.2 Å². The molecule has 1 aliphatic carbocycles. The molecule has 0 saturated heterocycles. The Morgan fingerprint density at radius 3 is 2.79 bits per heavy atom. The minimum Gasteiger partial charge on any atom is -0.452 e. The molecule has 1 aliphatic rings. The number of ether oxygens (including phenoxy) is 1. The van der Waals surface area contributed by atoms with Crippen LogP contribution in [0.3, 0.4) is 0 Å². The fourth-order valence-electron chi connectivity index (χ4n) is 4.16. The zero-order chi connectivity index (χ0) is 23.6. The van der Waals surface area contributed by atoms with Gasteiger partial charge in [-0.2, -0.15) is 0 Å². The fourth-order valence-corrected chi connectivity index (χ4v) is 5.83. The summed E-state index contributed by atoms with van der Waals surface area (Å²) >= 11 is 2.86. The van der Waals surface area contributed by atoms with Gasteiger partial charge in [-0.15, -0.1) is 10.2 Å². The normalized spacial score (nSPS) is 15.8. The van der Waals surface area contributed by atoms with Gasteiger partial charge in [0.15, 0.2) is 10.9 Å². The summed E-state index contributed by atoms with van der Waals surface area (Å²) in [6.07, 6.45) is 2.65. The van der Waals surface area contributed by atoms with E-state index < -0.39 is 11.9 Å². The summed E-state index contributed by atoms with van der Waals surface area (Å²) in [6, 6.07) is 7.62. The van der Waals surface area contributed by atoms with E-state index in [0.717, 1.165) is 51.5 Å². The van der Waals surface area contributed by atoms with Crippen LogP contribution in [0.5, 0.6) is 0 Å². The van der Waals surface area contributed by atoms with E-state index in [9.17, 15) is 9.59 Å². The van der Waals surface area contributed by atoms with Gasteiger partial charge in [0, 0.05) is 11.1 Å². The van der Waals surface area contributed by atoms with E-state index in [-0.39, 0.29) is 12.0 Å². The Morgan fingerprint density at radius 2 is 2.03 bits per heavy atom. The van der Waals surface area contributed by atoms with E-state index in [2.05, 4.69) is 36.3 Å². The molecular weight excluding hydrogens is 456 g/mol. The number of carbonyl (C=O) groups is 2. The summed E-state index contributed by atoms with van der Waals surface area (Å²) in [5.41, 5.74) is 3.35. The Morgan fingerprint density at radius 1 is 1.24 bits per heavy atom. The number of thioether (sulfide) groups is 1. The third-order valence-corrected chi connectivity index (χ3v) is 7.80. The number of nitrogens with one attached hydrogen (secondary N) is 1. The van der Waals surface area contributed by atoms with E-state index in [1.165, 1.54) is 11.3 Å². The van der Waals surface area contributed by atoms with E-state index >= 15 is 0 Å². The SMILES string of the molecule is CCSc1nnc(NC(=O)COC(=O)c2c3c(nc4ccccc24)CCC(C(C)(C)C)C3)s1. The van der Waals surface area contributed by atoms with Crippen molar-refractivity contribution in [1.82, 2.24) is 15.2 Å². The lowest BCUT2D eigenvalue weighted by Crippen LogP contribution is -2.29. The van der Waals surface area contributed by atoms with Crippen LogP contribution in [0.25, 0.3) is 10.9 Å². The largest absolute Gasteiger partial charge is 0.452 e. The van der Waals surface area contributed by atoms with Crippen LogP contribution in [0, 0.1) is 11.3 Å². The first-order valence-electron chi connectivity index (χ1n) is 11.1. The average Bonchev–Trinajstić information content (AvgIpc) is 3.21. The minimum atomic E-state index is -0.492. The molecule has 1 atom stereocenters. The summed E-state index contributed by atoms with van der Waals surface area (Å²) in [7, 11) is 0. The van der Waals surface area contributed by atoms with Crippen molar-refractivity contribution >= 4 is 51.0 Å². The van der Waals surface area contributed by atoms with Gasteiger partial charge in [0.25, 0.3) is 5.91 Å². The van der Waals surface area contributed by atoms with E-state index in [0.29, 0.717) is 16.6 Å². The van der Waals surface area contributed by atoms with Crippen LogP contribution in [-0.4, -0.2) is 39.4 Å². The molecule has 0 fully saturated rings. The summed E-state index contributed by atoms with van der Waals surface area (Å²) < 4.78 is 6.27. The number of benzene rings is 1. The molecule has 0 bridgehead atoms. The number of aromatic nitrogens is 3. The molecule has 1 N–H and O–H groups in total. The number of para-hydroxylation sites is 1. The average molecular weight is 485 g/mol. The molecule has 1 amide bonds. The monoisotopic (exact) mass is 484 g/mol. The molecule has 9 heteroatoms. The maximum absolute atomic E-state index is 13.3. The molecule has 1 aromatic carbocycles. The molecule has 1 unspecified atom stereocenters. The smallest absolute Gasteiger partial charge is 0.339 e. The van der Waals surface area contributed by atoms with Crippen LogP contribution in [0.15, 0.2) is 28.6 Å². The summed E-state index contributed by atoms with van der Waals surface area (Å²) in [6.45, 7) is 8.34. The second-order valence-corrected chi connectivity index (χ2v) is 11.7. The minimum absolute atomic E-state index is 0.126. The second-order valence-electron chi connectivity index (χ2n) is 9.17. The number of pyridine rings is 1. The predicted molar refractivity (Wildman–Crippen MR) is 132 cm³/mol. The maximum atomic E-state index is 13.3. The van der Waals surface area contributed by atoms with Crippen molar-refractivity contribution in [2.24, 2.45) is 11.3 Å². The molecule has 0 aliphatic heterocycles. The number of carbonyl (C=O) groups excluding carboxylic acids is 2. The Balaban J connectivity index is 1.55. The number of hydrogen-bond acceptors (Lipinski definition) is 8. The van der Waals surface area contributed by atoms with Gasteiger partial charge >= 0.3 is 5.97 Å². The number of esters is 1. The number of aryl methyl sites for hydroxylation is 1. The van der Waals surface area contributed by atoms with Crippen molar-refractivity contribution in [3.05, 3.63) is 41.1 Å². The molecule has 33 heavy (non-hydrogen) atoms. The van der Waals surface area contributed by atoms with E-state index in [1.54, 1.807) is 11.8 Å². The first-order valence-corrected chi connectivity index (χ1v) is 12.9. The Labute approximate surface area is 201 Å². The van der Waals surface area contributed by atoms with Crippen molar-refractivity contribution in [3.8, 4) is 0 Å². The fraction of sp³-hybridized carbons (Fsp3) is 0.458. The summed E-state index contributed by atoms with van der Waals surface area (Å²) in [5.74, 6) is 0.386. The number of hydrogen-bond donors (Lipinski definition) is 1. The Hall–Kier alpha value is -2.52. The highest BCUT2D eigenvalue weighted by molar-refractivity contribution is 8.01. The van der Waals surface area contributed by atoms with Gasteiger partial charge in [0.2, 0.25) is 5.13 Å². The Bertz CT molecular complexity index is 1190. The van der Waals surface area contributed by atoms with Crippen LogP contribution in [0.1, 0.15) is 55.7 Å². The van der Waals surface area contributed by atoms with Crippen LogP contribution >= 0.6 is 23.1 Å². The first kappa shape index (κ1) is 23.6. The predicted octanol–water partition coefficient (Wildman–Crippen LogP) is 5.14. The molecular formula is C24H28N4O3S2. The lowest BCUT2D eigenvalue weighted by molar-refractivity contribution is -0.119. The Kier molecular flexibility index (Phi) is 6.99. The van der Waals surface area contributed by atoms with Gasteiger partial charge in [-0.25, -0.2) is 4.79 Å². The molecule has 2 aromatic heterocycles. The van der Waals surface area contributed by atoms with Gasteiger partial charge in [0.05, 0.1) is 11.1 Å². The van der Waals surface area contributed by atoms with Crippen molar-refractivity contribution in [3.63, 3.8) is 0 Å². The molecule has 0 spiro atoms. The van der Waals surface area contributed by atoms with Gasteiger partial charge in [-0.1, -0.05) is 69.0 Å². The zero-order valence-electron chi connectivity index (χ0n) is 19.3. The number of amides is 1. The highest BCUT2D eigenvalue weighted by Crippen LogP contribution is 2.39. The van der Waals surface area contributed by atoms with Gasteiger partial charge < -0.3 is 4.74 Å².